The third kappa shape index (κ3) is 1.62. The van der Waals surface area contributed by atoms with Crippen LogP contribution >= 0.6 is 11.6 Å². The van der Waals surface area contributed by atoms with E-state index in [0.717, 1.165) is 5.56 Å². The molecule has 5 heteroatoms. The lowest BCUT2D eigenvalue weighted by Crippen LogP contribution is -2.28. The highest BCUT2D eigenvalue weighted by Crippen LogP contribution is 2.47. The molecule has 0 unspecified atom stereocenters. The van der Waals surface area contributed by atoms with Crippen molar-refractivity contribution in [2.75, 3.05) is 0 Å². The average Bonchev–Trinajstić information content (AvgIpc) is 2.65. The summed E-state index contributed by atoms with van der Waals surface area (Å²) in [4.78, 5) is 24.3. The van der Waals surface area contributed by atoms with Crippen LogP contribution in [0.4, 0.5) is 0 Å². The molecule has 0 amide bonds. The van der Waals surface area contributed by atoms with Gasteiger partial charge in [-0.15, -0.1) is 0 Å². The number of fused-ring (bicyclic) bond motifs is 3. The predicted octanol–water partition coefficient (Wildman–Crippen LogP) is 3.04. The summed E-state index contributed by atoms with van der Waals surface area (Å²) in [6.45, 7) is 5.11. The zero-order valence-electron chi connectivity index (χ0n) is 11.9. The number of pyridine rings is 1. The molecule has 3 rings (SSSR count). The lowest BCUT2D eigenvalue weighted by Gasteiger charge is -2.21. The van der Waals surface area contributed by atoms with E-state index in [-0.39, 0.29) is 10.6 Å². The molecule has 21 heavy (non-hydrogen) atoms. The molecule has 2 aromatic rings. The average molecular weight is 304 g/mol. The molecular formula is C16H14ClNO3. The zero-order chi connectivity index (χ0) is 15.5. The van der Waals surface area contributed by atoms with Gasteiger partial charge < -0.3 is 5.11 Å². The van der Waals surface area contributed by atoms with E-state index in [1.54, 1.807) is 0 Å². The maximum atomic E-state index is 12.6. The smallest absolute Gasteiger partial charge is 0.270 e. The van der Waals surface area contributed by atoms with E-state index in [1.807, 2.05) is 38.1 Å². The number of halogens is 1. The maximum absolute atomic E-state index is 12.6. The SMILES string of the molecule is CC(=O)c1c(O)c(Cl)c2n(c1=O)-c1ccccc1C2(C)C. The van der Waals surface area contributed by atoms with Crippen molar-refractivity contribution in [3.63, 3.8) is 0 Å². The van der Waals surface area contributed by atoms with E-state index in [9.17, 15) is 14.7 Å². The highest BCUT2D eigenvalue weighted by Gasteiger charge is 2.40. The Labute approximate surface area is 126 Å². The molecule has 0 fully saturated rings. The van der Waals surface area contributed by atoms with Crippen molar-refractivity contribution in [2.24, 2.45) is 0 Å². The zero-order valence-corrected chi connectivity index (χ0v) is 12.7. The summed E-state index contributed by atoms with van der Waals surface area (Å²) < 4.78 is 1.44. The summed E-state index contributed by atoms with van der Waals surface area (Å²) >= 11 is 6.27. The van der Waals surface area contributed by atoms with Crippen LogP contribution < -0.4 is 5.56 Å². The second-order valence-electron chi connectivity index (χ2n) is 5.73. The molecule has 0 spiro atoms. The van der Waals surface area contributed by atoms with Gasteiger partial charge in [0.15, 0.2) is 11.5 Å². The number of aromatic nitrogens is 1. The summed E-state index contributed by atoms with van der Waals surface area (Å²) in [5.74, 6) is -0.932. The predicted molar refractivity (Wildman–Crippen MR) is 80.8 cm³/mol. The van der Waals surface area contributed by atoms with E-state index < -0.39 is 22.5 Å². The molecule has 1 aromatic heterocycles. The van der Waals surface area contributed by atoms with E-state index >= 15 is 0 Å². The second-order valence-corrected chi connectivity index (χ2v) is 6.10. The number of nitrogens with zero attached hydrogens (tertiary/aromatic N) is 1. The molecule has 1 aliphatic rings. The van der Waals surface area contributed by atoms with Crippen molar-refractivity contribution in [1.82, 2.24) is 4.57 Å². The van der Waals surface area contributed by atoms with Crippen LogP contribution in [0.1, 0.15) is 42.4 Å². The van der Waals surface area contributed by atoms with E-state index in [1.165, 1.54) is 11.5 Å². The molecule has 4 nitrogen and oxygen atoms in total. The quantitative estimate of drug-likeness (QED) is 0.824. The normalized spacial score (nSPS) is 14.7. The van der Waals surface area contributed by atoms with Gasteiger partial charge in [-0.25, -0.2) is 0 Å². The van der Waals surface area contributed by atoms with Gasteiger partial charge in [-0.3, -0.25) is 14.2 Å². The number of rotatable bonds is 1. The first-order chi connectivity index (χ1) is 9.78. The van der Waals surface area contributed by atoms with Gasteiger partial charge in [0.1, 0.15) is 10.6 Å². The molecule has 0 radical (unpaired) electrons. The van der Waals surface area contributed by atoms with Crippen molar-refractivity contribution < 1.29 is 9.90 Å². The first kappa shape index (κ1) is 13.9. The monoisotopic (exact) mass is 303 g/mol. The minimum Gasteiger partial charge on any atom is -0.505 e. The molecule has 2 heterocycles. The number of hydrogen-bond acceptors (Lipinski definition) is 3. The highest BCUT2D eigenvalue weighted by molar-refractivity contribution is 6.33. The first-order valence-corrected chi connectivity index (χ1v) is 6.95. The van der Waals surface area contributed by atoms with Gasteiger partial charge in [0.05, 0.1) is 11.4 Å². The number of ketones is 1. The van der Waals surface area contributed by atoms with Gasteiger partial charge in [-0.1, -0.05) is 43.6 Å². The van der Waals surface area contributed by atoms with Crippen LogP contribution in [0, 0.1) is 0 Å². The number of aromatic hydroxyl groups is 1. The number of carbonyl (C=O) groups is 1. The molecule has 0 aliphatic carbocycles. The van der Waals surface area contributed by atoms with E-state index in [0.29, 0.717) is 11.4 Å². The fraction of sp³-hybridized carbons (Fsp3) is 0.250. The van der Waals surface area contributed by atoms with Crippen molar-refractivity contribution in [1.29, 1.82) is 0 Å². The Balaban J connectivity index is 2.56. The standard InChI is InChI=1S/C16H14ClNO3/c1-8(19)11-13(20)12(17)14-16(2,3)9-6-4-5-7-10(9)18(14)15(11)21/h4-7,20H,1-3H3. The van der Waals surface area contributed by atoms with Gasteiger partial charge in [0.2, 0.25) is 0 Å². The number of carbonyl (C=O) groups excluding carboxylic acids is 1. The van der Waals surface area contributed by atoms with Crippen LogP contribution in [0.2, 0.25) is 5.02 Å². The Bertz CT molecular complexity index is 849. The van der Waals surface area contributed by atoms with Crippen LogP contribution in [0.3, 0.4) is 0 Å². The topological polar surface area (TPSA) is 59.3 Å². The van der Waals surface area contributed by atoms with Crippen LogP contribution in [0.25, 0.3) is 5.69 Å². The van der Waals surface area contributed by atoms with Gasteiger partial charge in [-0.2, -0.15) is 0 Å². The van der Waals surface area contributed by atoms with E-state index in [4.69, 9.17) is 11.6 Å². The summed E-state index contributed by atoms with van der Waals surface area (Å²) in [5.41, 5.74) is 0.821. The van der Waals surface area contributed by atoms with Crippen molar-refractivity contribution in [2.45, 2.75) is 26.2 Å². The third-order valence-electron chi connectivity index (χ3n) is 4.06. The first-order valence-electron chi connectivity index (χ1n) is 6.57. The largest absolute Gasteiger partial charge is 0.505 e. The number of Topliss-reactive ketones (excluding diaryl/α,β-unsaturated/α-hetero) is 1. The number of benzene rings is 1. The van der Waals surface area contributed by atoms with Gasteiger partial charge >= 0.3 is 0 Å². The molecule has 0 atom stereocenters. The Hall–Kier alpha value is -2.07. The maximum Gasteiger partial charge on any atom is 0.270 e. The summed E-state index contributed by atoms with van der Waals surface area (Å²) in [6, 6.07) is 7.44. The fourth-order valence-electron chi connectivity index (χ4n) is 3.06. The van der Waals surface area contributed by atoms with Crippen molar-refractivity contribution in [3.8, 4) is 11.4 Å². The Morgan fingerprint density at radius 1 is 1.29 bits per heavy atom. The molecule has 1 N–H and O–H groups in total. The molecule has 0 saturated carbocycles. The minimum absolute atomic E-state index is 0.0565. The molecule has 108 valence electrons. The van der Waals surface area contributed by atoms with Crippen LogP contribution in [-0.4, -0.2) is 15.5 Å². The van der Waals surface area contributed by atoms with E-state index in [2.05, 4.69) is 0 Å². The van der Waals surface area contributed by atoms with Crippen LogP contribution in [-0.2, 0) is 5.41 Å². The lowest BCUT2D eigenvalue weighted by atomic mass is 9.83. The summed E-state index contributed by atoms with van der Waals surface area (Å²) in [6.07, 6.45) is 0. The van der Waals surface area contributed by atoms with Crippen LogP contribution in [0.15, 0.2) is 29.1 Å². The minimum atomic E-state index is -0.530. The Kier molecular flexibility index (Phi) is 2.79. The van der Waals surface area contributed by atoms with Gasteiger partial charge in [0, 0.05) is 5.41 Å². The highest BCUT2D eigenvalue weighted by atomic mass is 35.5. The van der Waals surface area contributed by atoms with Gasteiger partial charge in [0.25, 0.3) is 5.56 Å². The summed E-state index contributed by atoms with van der Waals surface area (Å²) in [5, 5.41) is 10.2. The van der Waals surface area contributed by atoms with Crippen molar-refractivity contribution in [3.05, 3.63) is 56.5 Å². The van der Waals surface area contributed by atoms with Crippen LogP contribution in [0.5, 0.6) is 5.75 Å². The third-order valence-corrected chi connectivity index (χ3v) is 4.41. The number of para-hydroxylation sites is 1. The van der Waals surface area contributed by atoms with Gasteiger partial charge in [-0.05, 0) is 18.6 Å². The Morgan fingerprint density at radius 3 is 2.52 bits per heavy atom. The van der Waals surface area contributed by atoms with Crippen molar-refractivity contribution >= 4 is 17.4 Å². The molecule has 0 saturated heterocycles. The fourth-order valence-corrected chi connectivity index (χ4v) is 3.48. The summed E-state index contributed by atoms with van der Waals surface area (Å²) in [7, 11) is 0. The molecule has 1 aromatic carbocycles. The second kappa shape index (κ2) is 4.21. The lowest BCUT2D eigenvalue weighted by molar-refractivity contribution is 0.101. The molecule has 1 aliphatic heterocycles. The Morgan fingerprint density at radius 2 is 1.90 bits per heavy atom. The molecular weight excluding hydrogens is 290 g/mol. The number of hydrogen-bond donors (Lipinski definition) is 1. The molecule has 0 bridgehead atoms.